The van der Waals surface area contributed by atoms with Crippen molar-refractivity contribution in [3.63, 3.8) is 0 Å². The maximum Gasteiger partial charge on any atom is 0.336 e. The second-order valence-corrected chi connectivity index (χ2v) is 19.8. The van der Waals surface area contributed by atoms with Crippen LogP contribution in [0.1, 0.15) is 84.0 Å². The fourth-order valence-electron chi connectivity index (χ4n) is 7.99. The molecule has 0 saturated heterocycles. The number of aliphatic hydroxyl groups excluding tert-OH is 1. The number of aliphatic carboxylic acids is 1. The van der Waals surface area contributed by atoms with Gasteiger partial charge in [-0.1, -0.05) is 54.0 Å². The van der Waals surface area contributed by atoms with Crippen LogP contribution < -0.4 is 58.6 Å². The predicted molar refractivity (Wildman–Crippen MR) is 295 cm³/mol. The lowest BCUT2D eigenvalue weighted by molar-refractivity contribution is -0.142. The summed E-state index contributed by atoms with van der Waals surface area (Å²) in [5, 5.41) is 66.3. The summed E-state index contributed by atoms with van der Waals surface area (Å²) < 4.78 is 5.89. The standard InChI is InChI=1S/C53H70N10O15S/c1-7-29(6)47(63-45(70)25-56-48(71)38(18-27(2)3)61-44(69)23-57-49(72)39(26-64)62-42(67)22-55-28(4)5)50(73)58-24-43(68)60-37(52(76)77)10-8-9-17-54-53(79)59-30-11-14-33(36(19-30)51(74)75)46-34-15-12-31(65)20-40(34)78-41-21-32(66)13-16-35(41)46/h11-16,19-21,27-29,37-39,47,55,64-65H,7-10,17-18,22-26H2,1-6H3,(H,56,71)(H,57,72)(H,58,73)(H,60,68)(H,61,69)(H,62,67)(H,63,70)(H,74,75)(H,76,77)(H2,54,59,79)/t29-,37?,38?,39?,47?/m0/s1. The number of aliphatic hydroxyl groups is 1. The van der Waals surface area contributed by atoms with Crippen LogP contribution in [-0.4, -0.2) is 148 Å². The summed E-state index contributed by atoms with van der Waals surface area (Å²) in [4.78, 5) is 127. The molecule has 0 fully saturated rings. The van der Waals surface area contributed by atoms with Gasteiger partial charge >= 0.3 is 11.9 Å². The monoisotopic (exact) mass is 1120 g/mol. The van der Waals surface area contributed by atoms with E-state index in [0.717, 1.165) is 0 Å². The number of phenols is 1. The average molecular weight is 1120 g/mol. The smallest absolute Gasteiger partial charge is 0.336 e. The quantitative estimate of drug-likeness (QED) is 0.0196. The van der Waals surface area contributed by atoms with Gasteiger partial charge in [-0.3, -0.25) is 38.4 Å². The number of carbonyl (C=O) groups excluding carboxylic acids is 7. The van der Waals surface area contributed by atoms with Crippen LogP contribution in [0, 0.1) is 11.8 Å². The largest absolute Gasteiger partial charge is 0.508 e. The van der Waals surface area contributed by atoms with E-state index in [1.807, 2.05) is 13.8 Å². The maximum atomic E-state index is 13.3. The molecular weight excluding hydrogens is 1050 g/mol. The number of thiocarbonyl (C=S) groups is 1. The average Bonchev–Trinajstić information content (AvgIpc) is 3.48. The van der Waals surface area contributed by atoms with Crippen molar-refractivity contribution < 1.29 is 68.0 Å². The molecule has 2 aromatic rings. The first-order chi connectivity index (χ1) is 37.4. The highest BCUT2D eigenvalue weighted by Crippen LogP contribution is 2.42. The van der Waals surface area contributed by atoms with Crippen LogP contribution in [-0.2, 0) is 38.4 Å². The lowest BCUT2D eigenvalue weighted by atomic mass is 9.90. The number of anilines is 1. The van der Waals surface area contributed by atoms with Crippen molar-refractivity contribution in [2.45, 2.75) is 104 Å². The lowest BCUT2D eigenvalue weighted by Gasteiger charge is -2.24. The Labute approximate surface area is 460 Å². The van der Waals surface area contributed by atoms with Crippen molar-refractivity contribution in [3.8, 4) is 28.2 Å². The minimum absolute atomic E-state index is 0.00467. The van der Waals surface area contributed by atoms with Crippen molar-refractivity contribution in [1.29, 1.82) is 0 Å². The molecule has 1 aliphatic carbocycles. The summed E-state index contributed by atoms with van der Waals surface area (Å²) >= 11 is 5.44. The summed E-state index contributed by atoms with van der Waals surface area (Å²) in [5.41, 5.74) is 1.41. The van der Waals surface area contributed by atoms with Gasteiger partial charge in [-0.25, -0.2) is 9.59 Å². The van der Waals surface area contributed by atoms with Gasteiger partial charge in [-0.05, 0) is 91.7 Å². The minimum Gasteiger partial charge on any atom is -0.508 e. The van der Waals surface area contributed by atoms with E-state index < -0.39 is 110 Å². The van der Waals surface area contributed by atoms with Gasteiger partial charge in [0.25, 0.3) is 0 Å². The molecule has 2 aliphatic rings. The first-order valence-electron chi connectivity index (χ1n) is 25.6. The number of phenolic OH excluding ortho intramolecular Hbond substituents is 1. The first kappa shape index (κ1) is 63.3. The number of unbranched alkanes of at least 4 members (excludes halogenated alkanes) is 1. The van der Waals surface area contributed by atoms with Gasteiger partial charge in [0, 0.05) is 46.9 Å². The highest BCUT2D eigenvalue weighted by Gasteiger charge is 2.30. The third-order valence-corrected chi connectivity index (χ3v) is 12.5. The van der Waals surface area contributed by atoms with Gasteiger partial charge < -0.3 is 78.0 Å². The number of carboxylic acids is 2. The number of carboxylic acid groups (broad SMARTS) is 2. The number of nitrogens with one attached hydrogen (secondary N) is 10. The topological polar surface area (TPSA) is 385 Å². The molecule has 1 aliphatic heterocycles. The summed E-state index contributed by atoms with van der Waals surface area (Å²) in [7, 11) is 0. The van der Waals surface area contributed by atoms with E-state index in [4.69, 9.17) is 16.6 Å². The molecule has 2 aromatic carbocycles. The van der Waals surface area contributed by atoms with Crippen LogP contribution in [0.2, 0.25) is 0 Å². The molecule has 0 spiro atoms. The molecule has 14 N–H and O–H groups in total. The van der Waals surface area contributed by atoms with Crippen molar-refractivity contribution in [2.75, 3.05) is 44.6 Å². The predicted octanol–water partition coefficient (Wildman–Crippen LogP) is 0.880. The Kier molecular flexibility index (Phi) is 24.6. The molecule has 0 radical (unpaired) electrons. The molecule has 0 aromatic heterocycles. The van der Waals surface area contributed by atoms with Crippen LogP contribution in [0.5, 0.6) is 5.75 Å². The molecule has 26 heteroatoms. The van der Waals surface area contributed by atoms with Gasteiger partial charge in [0.15, 0.2) is 10.5 Å². The summed E-state index contributed by atoms with van der Waals surface area (Å²) in [6.45, 7) is 8.26. The van der Waals surface area contributed by atoms with Crippen LogP contribution in [0.25, 0.3) is 33.4 Å². The van der Waals surface area contributed by atoms with E-state index in [9.17, 15) is 68.4 Å². The Morgan fingerprint density at radius 2 is 1.25 bits per heavy atom. The molecular formula is C53H70N10O15S. The number of amides is 7. The Morgan fingerprint density at radius 3 is 1.86 bits per heavy atom. The number of carbonyl (C=O) groups is 9. The highest BCUT2D eigenvalue weighted by atomic mass is 32.1. The molecule has 4 unspecified atom stereocenters. The van der Waals surface area contributed by atoms with Crippen LogP contribution in [0.3, 0.4) is 0 Å². The van der Waals surface area contributed by atoms with Crippen molar-refractivity contribution in [2.24, 2.45) is 11.8 Å². The van der Waals surface area contributed by atoms with Gasteiger partial charge in [-0.2, -0.15) is 0 Å². The number of fused-ring (bicyclic) bond motifs is 2. The third-order valence-electron chi connectivity index (χ3n) is 12.2. The maximum absolute atomic E-state index is 13.3. The second kappa shape index (κ2) is 30.6. The molecule has 5 atom stereocenters. The lowest BCUT2D eigenvalue weighted by Crippen LogP contribution is -2.56. The van der Waals surface area contributed by atoms with E-state index in [2.05, 4.69) is 53.2 Å². The van der Waals surface area contributed by atoms with E-state index in [1.54, 1.807) is 52.0 Å². The molecule has 25 nitrogen and oxygen atoms in total. The van der Waals surface area contributed by atoms with Gasteiger partial charge in [0.05, 0.1) is 38.3 Å². The zero-order chi connectivity index (χ0) is 58.5. The molecule has 0 bridgehead atoms. The van der Waals surface area contributed by atoms with Crippen molar-refractivity contribution in [1.82, 2.24) is 47.9 Å². The van der Waals surface area contributed by atoms with Crippen LogP contribution in [0.4, 0.5) is 5.69 Å². The zero-order valence-corrected chi connectivity index (χ0v) is 45.5. The van der Waals surface area contributed by atoms with Gasteiger partial charge in [0.1, 0.15) is 41.3 Å². The third kappa shape index (κ3) is 19.9. The number of aromatic carboxylic acids is 1. The van der Waals surface area contributed by atoms with Crippen molar-refractivity contribution >= 4 is 87.3 Å². The van der Waals surface area contributed by atoms with E-state index >= 15 is 0 Å². The normalized spacial score (nSPS) is 13.0. The first-order valence-corrected chi connectivity index (χ1v) is 26.0. The van der Waals surface area contributed by atoms with Crippen molar-refractivity contribution in [3.05, 3.63) is 70.4 Å². The van der Waals surface area contributed by atoms with Crippen LogP contribution in [0.15, 0.2) is 63.8 Å². The fraction of sp³-hybridized carbons (Fsp3) is 0.453. The Balaban J connectivity index is 1.23. The molecule has 428 valence electrons. The van der Waals surface area contributed by atoms with Crippen LogP contribution >= 0.6 is 12.2 Å². The SMILES string of the molecule is CC[C@H](C)C(NC(=O)CNC(=O)C(CC(C)C)NC(=O)CNC(=O)C(CO)NC(=O)CNC(C)C)C(=O)NCC(=O)NC(CCCCNC(=S)Nc1ccc(-c2c3ccc(=O)cc-3oc3cc(O)ccc23)c(C(=O)O)c1)C(=O)O. The Morgan fingerprint density at radius 1 is 0.658 bits per heavy atom. The molecule has 0 saturated carbocycles. The second-order valence-electron chi connectivity index (χ2n) is 19.4. The summed E-state index contributed by atoms with van der Waals surface area (Å²) in [5.74, 6) is -8.25. The molecule has 4 rings (SSSR count). The zero-order valence-electron chi connectivity index (χ0n) is 44.7. The van der Waals surface area contributed by atoms with E-state index in [1.165, 1.54) is 30.3 Å². The number of aromatic hydroxyl groups is 1. The van der Waals surface area contributed by atoms with E-state index in [0.29, 0.717) is 47.0 Å². The van der Waals surface area contributed by atoms with Gasteiger partial charge in [0.2, 0.25) is 41.4 Å². The summed E-state index contributed by atoms with van der Waals surface area (Å²) in [6, 6.07) is 8.17. The number of hydrogen-bond donors (Lipinski definition) is 14. The highest BCUT2D eigenvalue weighted by molar-refractivity contribution is 7.80. The Hall–Kier alpha value is -8.23. The number of benzene rings is 3. The Bertz CT molecular complexity index is 2900. The minimum atomic E-state index is -1.33. The molecule has 1 heterocycles. The number of rotatable bonds is 30. The molecule has 79 heavy (non-hydrogen) atoms. The number of hydrogen-bond acceptors (Lipinski definition) is 15. The summed E-state index contributed by atoms with van der Waals surface area (Å²) in [6.07, 6.45) is 1.26. The van der Waals surface area contributed by atoms with E-state index in [-0.39, 0.29) is 71.1 Å². The molecule has 7 amide bonds. The fourth-order valence-corrected chi connectivity index (χ4v) is 8.21. The van der Waals surface area contributed by atoms with Gasteiger partial charge in [-0.15, -0.1) is 0 Å².